The van der Waals surface area contributed by atoms with Crippen LogP contribution < -0.4 is 0 Å². The third kappa shape index (κ3) is 5.91. The lowest BCUT2D eigenvalue weighted by atomic mass is 9.94. The van der Waals surface area contributed by atoms with Gasteiger partial charge in [0.2, 0.25) is 0 Å². The van der Waals surface area contributed by atoms with Gasteiger partial charge in [-0.1, -0.05) is 54.0 Å². The number of rotatable bonds is 3. The second kappa shape index (κ2) is 12.3. The lowest BCUT2D eigenvalue weighted by molar-refractivity contribution is -0.214. The van der Waals surface area contributed by atoms with Gasteiger partial charge < -0.3 is 50.3 Å². The average Bonchev–Trinajstić information content (AvgIpc) is 2.94. The zero-order valence-corrected chi connectivity index (χ0v) is 20.2. The van der Waals surface area contributed by atoms with Crippen molar-refractivity contribution in [1.82, 2.24) is 0 Å². The van der Waals surface area contributed by atoms with E-state index in [-0.39, 0.29) is 0 Å². The van der Waals surface area contributed by atoms with Crippen LogP contribution in [0.5, 0.6) is 0 Å². The molecular formula is C28H30O10. The van der Waals surface area contributed by atoms with Crippen LogP contribution in [-0.4, -0.2) is 115 Å². The molecule has 0 aromatic heterocycles. The molecule has 0 aliphatic carbocycles. The monoisotopic (exact) mass is 526 g/mol. The number of hydrogen-bond acceptors (Lipinski definition) is 10. The minimum Gasteiger partial charge on any atom is -0.394 e. The van der Waals surface area contributed by atoms with Crippen LogP contribution in [0.25, 0.3) is 11.1 Å². The molecule has 4 rings (SSSR count). The third-order valence-corrected chi connectivity index (χ3v) is 6.60. The fraction of sp³-hybridized carbons (Fsp3) is 0.429. The molecular weight excluding hydrogens is 496 g/mol. The van der Waals surface area contributed by atoms with Gasteiger partial charge in [0.15, 0.2) is 0 Å². The molecule has 10 atom stereocenters. The van der Waals surface area contributed by atoms with Crippen molar-refractivity contribution in [2.24, 2.45) is 0 Å². The van der Waals surface area contributed by atoms with Crippen LogP contribution in [-0.2, 0) is 9.47 Å². The molecule has 8 N–H and O–H groups in total. The second-order valence-electron chi connectivity index (χ2n) is 9.16. The van der Waals surface area contributed by atoms with E-state index in [1.54, 1.807) is 18.2 Å². The van der Waals surface area contributed by atoms with Crippen molar-refractivity contribution in [3.63, 3.8) is 0 Å². The van der Waals surface area contributed by atoms with Crippen molar-refractivity contribution >= 4 is 0 Å². The summed E-state index contributed by atoms with van der Waals surface area (Å²) in [6, 6.07) is 14.4. The number of ether oxygens (including phenoxy) is 2. The topological polar surface area (TPSA) is 180 Å². The van der Waals surface area contributed by atoms with E-state index in [1.807, 2.05) is 30.3 Å². The highest BCUT2D eigenvalue weighted by Crippen LogP contribution is 2.26. The van der Waals surface area contributed by atoms with Gasteiger partial charge in [0.25, 0.3) is 0 Å². The summed E-state index contributed by atoms with van der Waals surface area (Å²) in [5.74, 6) is 11.3. The maximum atomic E-state index is 10.3. The highest BCUT2D eigenvalue weighted by molar-refractivity contribution is 5.73. The standard InChI is InChI=1S/C28H30O10/c29-13-21-25(33)27(35)23(31)19(37-21)10-7-15-6-8-17(18(12-15)16-4-2-1-3-5-16)9-11-20-24(32)28(36)26(34)22(14-30)38-20/h1-6,8,12,19-36H,13-14H2/t19-,20-,21-,22-,23-,24-,25-,26-,27-,28-/m1/s1. The molecule has 2 heterocycles. The van der Waals surface area contributed by atoms with Gasteiger partial charge in [-0.2, -0.15) is 0 Å². The summed E-state index contributed by atoms with van der Waals surface area (Å²) in [4.78, 5) is 0. The Balaban J connectivity index is 1.65. The molecule has 0 saturated carbocycles. The Hall–Kier alpha value is -2.84. The lowest BCUT2D eigenvalue weighted by Gasteiger charge is -2.37. The maximum absolute atomic E-state index is 10.3. The van der Waals surface area contributed by atoms with E-state index >= 15 is 0 Å². The number of hydrogen-bond donors (Lipinski definition) is 8. The fourth-order valence-corrected chi connectivity index (χ4v) is 4.33. The van der Waals surface area contributed by atoms with Gasteiger partial charge in [-0.15, -0.1) is 0 Å². The summed E-state index contributed by atoms with van der Waals surface area (Å²) in [6.07, 6.45) is -13.4. The zero-order chi connectivity index (χ0) is 27.4. The molecule has 2 aliphatic heterocycles. The normalized spacial score (nSPS) is 34.9. The summed E-state index contributed by atoms with van der Waals surface area (Å²) in [5, 5.41) is 79.3. The lowest BCUT2D eigenvalue weighted by Crippen LogP contribution is -2.58. The molecule has 0 unspecified atom stereocenters. The Bertz CT molecular complexity index is 1210. The van der Waals surface area contributed by atoms with Crippen molar-refractivity contribution in [2.75, 3.05) is 13.2 Å². The van der Waals surface area contributed by atoms with E-state index in [0.29, 0.717) is 16.7 Å². The molecule has 2 aromatic carbocycles. The van der Waals surface area contributed by atoms with Gasteiger partial charge in [-0.3, -0.25) is 0 Å². The molecule has 2 saturated heterocycles. The second-order valence-corrected chi connectivity index (χ2v) is 9.16. The first-order chi connectivity index (χ1) is 18.2. The number of benzene rings is 2. The third-order valence-electron chi connectivity index (χ3n) is 6.60. The van der Waals surface area contributed by atoms with Gasteiger partial charge in [0.05, 0.1) is 13.2 Å². The van der Waals surface area contributed by atoms with E-state index in [9.17, 15) is 40.9 Å². The van der Waals surface area contributed by atoms with Crippen LogP contribution in [0, 0.1) is 23.7 Å². The van der Waals surface area contributed by atoms with E-state index in [0.717, 1.165) is 5.56 Å². The van der Waals surface area contributed by atoms with Crippen LogP contribution in [0.1, 0.15) is 11.1 Å². The summed E-state index contributed by atoms with van der Waals surface area (Å²) in [6.45, 7) is -1.11. The van der Waals surface area contributed by atoms with Crippen molar-refractivity contribution in [2.45, 2.75) is 61.0 Å². The quantitative estimate of drug-likeness (QED) is 0.204. The smallest absolute Gasteiger partial charge is 0.147 e. The summed E-state index contributed by atoms with van der Waals surface area (Å²) >= 11 is 0. The molecule has 0 bridgehead atoms. The molecule has 2 fully saturated rings. The van der Waals surface area contributed by atoms with Crippen molar-refractivity contribution in [3.05, 3.63) is 59.7 Å². The number of aliphatic hydroxyl groups is 8. The minimum atomic E-state index is -1.53. The van der Waals surface area contributed by atoms with Gasteiger partial charge in [-0.25, -0.2) is 0 Å². The van der Waals surface area contributed by atoms with E-state index in [4.69, 9.17) is 9.47 Å². The average molecular weight is 527 g/mol. The van der Waals surface area contributed by atoms with E-state index < -0.39 is 74.3 Å². The van der Waals surface area contributed by atoms with Gasteiger partial charge in [0, 0.05) is 11.1 Å². The highest BCUT2D eigenvalue weighted by atomic mass is 16.5. The molecule has 2 aliphatic rings. The van der Waals surface area contributed by atoms with Crippen LogP contribution in [0.2, 0.25) is 0 Å². The Morgan fingerprint density at radius 1 is 0.605 bits per heavy atom. The predicted octanol–water partition coefficient (Wildman–Crippen LogP) is -2.26. The largest absolute Gasteiger partial charge is 0.394 e. The molecule has 0 amide bonds. The van der Waals surface area contributed by atoms with Crippen LogP contribution in [0.15, 0.2) is 48.5 Å². The molecule has 0 spiro atoms. The molecule has 10 nitrogen and oxygen atoms in total. The van der Waals surface area contributed by atoms with Crippen LogP contribution in [0.4, 0.5) is 0 Å². The Morgan fingerprint density at radius 2 is 1.13 bits per heavy atom. The SMILES string of the molecule is OC[C@H]1O[C@H](C#Cc2ccc(C#C[C@H]3O[C@H](CO)[C@@H](O)[C@H](O)[C@@H]3O)c(-c3ccccc3)c2)[C@@H](O)[C@@H](O)[C@@H]1O. The zero-order valence-electron chi connectivity index (χ0n) is 20.2. The van der Waals surface area contributed by atoms with Gasteiger partial charge >= 0.3 is 0 Å². The van der Waals surface area contributed by atoms with Crippen molar-refractivity contribution in [3.8, 4) is 34.8 Å². The summed E-state index contributed by atoms with van der Waals surface area (Å²) in [7, 11) is 0. The Morgan fingerprint density at radius 3 is 1.66 bits per heavy atom. The molecule has 2 aromatic rings. The first-order valence-electron chi connectivity index (χ1n) is 12.1. The first kappa shape index (κ1) is 28.2. The number of aliphatic hydroxyl groups excluding tert-OH is 8. The predicted molar refractivity (Wildman–Crippen MR) is 133 cm³/mol. The van der Waals surface area contributed by atoms with Gasteiger partial charge in [0.1, 0.15) is 61.0 Å². The van der Waals surface area contributed by atoms with E-state index in [1.165, 1.54) is 0 Å². The van der Waals surface area contributed by atoms with Crippen molar-refractivity contribution in [1.29, 1.82) is 0 Å². The first-order valence-corrected chi connectivity index (χ1v) is 12.1. The van der Waals surface area contributed by atoms with Crippen LogP contribution in [0.3, 0.4) is 0 Å². The van der Waals surface area contributed by atoms with Crippen LogP contribution >= 0.6 is 0 Å². The fourth-order valence-electron chi connectivity index (χ4n) is 4.33. The molecule has 0 radical (unpaired) electrons. The van der Waals surface area contributed by atoms with Crippen molar-refractivity contribution < 1.29 is 50.3 Å². The molecule has 202 valence electrons. The van der Waals surface area contributed by atoms with E-state index in [2.05, 4.69) is 23.7 Å². The minimum absolute atomic E-state index is 0.527. The summed E-state index contributed by atoms with van der Waals surface area (Å²) < 4.78 is 10.9. The highest BCUT2D eigenvalue weighted by Gasteiger charge is 2.43. The summed E-state index contributed by atoms with van der Waals surface area (Å²) in [5.41, 5.74) is 2.57. The molecule has 10 heteroatoms. The Labute approximate surface area is 219 Å². The Kier molecular flexibility index (Phi) is 9.15. The maximum Gasteiger partial charge on any atom is 0.147 e. The molecule has 38 heavy (non-hydrogen) atoms. The van der Waals surface area contributed by atoms with Gasteiger partial charge in [-0.05, 0) is 29.3 Å².